The Morgan fingerprint density at radius 1 is 1.06 bits per heavy atom. The summed E-state index contributed by atoms with van der Waals surface area (Å²) in [6.07, 6.45) is 0. The molecule has 0 aliphatic heterocycles. The lowest BCUT2D eigenvalue weighted by atomic mass is 10.1. The van der Waals surface area contributed by atoms with Crippen LogP contribution < -0.4 is 5.32 Å². The standard InChI is InChI=1S/C15H16FN/c1-11-8-9-14(16)10-15(11)17-12(2)13-6-4-3-5-7-13/h3-10,12,17H,1-2H3. The van der Waals surface area contributed by atoms with Gasteiger partial charge in [-0.15, -0.1) is 0 Å². The van der Waals surface area contributed by atoms with Crippen LogP contribution in [0.5, 0.6) is 0 Å². The number of anilines is 1. The molecule has 0 aliphatic rings. The Labute approximate surface area is 101 Å². The summed E-state index contributed by atoms with van der Waals surface area (Å²) in [6.45, 7) is 4.04. The van der Waals surface area contributed by atoms with Gasteiger partial charge in [-0.05, 0) is 37.1 Å². The third-order valence-corrected chi connectivity index (χ3v) is 2.87. The van der Waals surface area contributed by atoms with Gasteiger partial charge in [-0.1, -0.05) is 36.4 Å². The van der Waals surface area contributed by atoms with Gasteiger partial charge >= 0.3 is 0 Å². The van der Waals surface area contributed by atoms with Crippen molar-refractivity contribution in [1.29, 1.82) is 0 Å². The molecule has 1 atom stereocenters. The van der Waals surface area contributed by atoms with Crippen LogP contribution in [0.25, 0.3) is 0 Å². The van der Waals surface area contributed by atoms with E-state index >= 15 is 0 Å². The summed E-state index contributed by atoms with van der Waals surface area (Å²) < 4.78 is 13.2. The molecule has 0 radical (unpaired) electrons. The Kier molecular flexibility index (Phi) is 3.43. The average Bonchev–Trinajstić information content (AvgIpc) is 2.35. The molecule has 0 spiro atoms. The minimum atomic E-state index is -0.210. The maximum absolute atomic E-state index is 13.2. The van der Waals surface area contributed by atoms with E-state index in [-0.39, 0.29) is 11.9 Å². The fraction of sp³-hybridized carbons (Fsp3) is 0.200. The molecule has 1 unspecified atom stereocenters. The molecular weight excluding hydrogens is 213 g/mol. The third-order valence-electron chi connectivity index (χ3n) is 2.87. The largest absolute Gasteiger partial charge is 0.378 e. The summed E-state index contributed by atoms with van der Waals surface area (Å²) in [4.78, 5) is 0. The second-order valence-corrected chi connectivity index (χ2v) is 4.24. The minimum absolute atomic E-state index is 0.164. The molecule has 2 heteroatoms. The maximum atomic E-state index is 13.2. The highest BCUT2D eigenvalue weighted by molar-refractivity contribution is 5.52. The van der Waals surface area contributed by atoms with E-state index in [2.05, 4.69) is 24.4 Å². The highest BCUT2D eigenvalue weighted by atomic mass is 19.1. The summed E-state index contributed by atoms with van der Waals surface area (Å²) in [6, 6.07) is 15.1. The lowest BCUT2D eigenvalue weighted by molar-refractivity contribution is 0.627. The van der Waals surface area contributed by atoms with Crippen LogP contribution in [0.1, 0.15) is 24.1 Å². The van der Waals surface area contributed by atoms with E-state index in [1.807, 2.05) is 25.1 Å². The number of benzene rings is 2. The third kappa shape index (κ3) is 2.84. The van der Waals surface area contributed by atoms with Crippen molar-refractivity contribution >= 4 is 5.69 Å². The highest BCUT2D eigenvalue weighted by Crippen LogP contribution is 2.22. The molecule has 0 aliphatic carbocycles. The first-order valence-electron chi connectivity index (χ1n) is 5.74. The summed E-state index contributed by atoms with van der Waals surface area (Å²) in [7, 11) is 0. The van der Waals surface area contributed by atoms with Gasteiger partial charge in [0.25, 0.3) is 0 Å². The summed E-state index contributed by atoms with van der Waals surface area (Å²) in [5.74, 6) is -0.210. The predicted octanol–water partition coefficient (Wildman–Crippen LogP) is 4.31. The lowest BCUT2D eigenvalue weighted by Crippen LogP contribution is -2.07. The molecular formula is C15H16FN. The van der Waals surface area contributed by atoms with Crippen molar-refractivity contribution in [2.45, 2.75) is 19.9 Å². The fourth-order valence-electron chi connectivity index (χ4n) is 1.81. The molecule has 1 N–H and O–H groups in total. The van der Waals surface area contributed by atoms with Crippen molar-refractivity contribution in [3.63, 3.8) is 0 Å². The molecule has 2 aromatic rings. The average molecular weight is 229 g/mol. The van der Waals surface area contributed by atoms with Crippen molar-refractivity contribution in [3.8, 4) is 0 Å². The van der Waals surface area contributed by atoms with Crippen molar-refractivity contribution in [2.24, 2.45) is 0 Å². The quantitative estimate of drug-likeness (QED) is 0.827. The molecule has 0 fully saturated rings. The molecule has 0 saturated carbocycles. The van der Waals surface area contributed by atoms with Gasteiger partial charge in [0.1, 0.15) is 5.82 Å². The fourth-order valence-corrected chi connectivity index (χ4v) is 1.81. The molecule has 0 amide bonds. The zero-order chi connectivity index (χ0) is 12.3. The number of nitrogens with one attached hydrogen (secondary N) is 1. The Hall–Kier alpha value is -1.83. The first-order valence-corrected chi connectivity index (χ1v) is 5.74. The van der Waals surface area contributed by atoms with Gasteiger partial charge in [-0.25, -0.2) is 4.39 Å². The maximum Gasteiger partial charge on any atom is 0.125 e. The van der Waals surface area contributed by atoms with Crippen LogP contribution >= 0.6 is 0 Å². The molecule has 2 aromatic carbocycles. The lowest BCUT2D eigenvalue weighted by Gasteiger charge is -2.17. The minimum Gasteiger partial charge on any atom is -0.378 e. The van der Waals surface area contributed by atoms with Crippen molar-refractivity contribution in [2.75, 3.05) is 5.32 Å². The molecule has 88 valence electrons. The van der Waals surface area contributed by atoms with Gasteiger partial charge in [-0.3, -0.25) is 0 Å². The zero-order valence-electron chi connectivity index (χ0n) is 10.1. The van der Waals surface area contributed by atoms with Crippen LogP contribution in [-0.2, 0) is 0 Å². The first kappa shape index (κ1) is 11.6. The normalized spacial score (nSPS) is 12.2. The van der Waals surface area contributed by atoms with Crippen LogP contribution in [0.15, 0.2) is 48.5 Å². The monoisotopic (exact) mass is 229 g/mol. The van der Waals surface area contributed by atoms with E-state index in [9.17, 15) is 4.39 Å². The van der Waals surface area contributed by atoms with Crippen LogP contribution in [0, 0.1) is 12.7 Å². The smallest absolute Gasteiger partial charge is 0.125 e. The van der Waals surface area contributed by atoms with Gasteiger partial charge in [0.15, 0.2) is 0 Å². The van der Waals surface area contributed by atoms with Gasteiger partial charge in [0.05, 0.1) is 0 Å². The van der Waals surface area contributed by atoms with Crippen LogP contribution in [0.3, 0.4) is 0 Å². The number of hydrogen-bond donors (Lipinski definition) is 1. The molecule has 0 aromatic heterocycles. The molecule has 0 heterocycles. The highest BCUT2D eigenvalue weighted by Gasteiger charge is 2.06. The number of halogens is 1. The first-order chi connectivity index (χ1) is 8.16. The van der Waals surface area contributed by atoms with Gasteiger partial charge in [0.2, 0.25) is 0 Å². The van der Waals surface area contributed by atoms with E-state index in [0.717, 1.165) is 11.3 Å². The SMILES string of the molecule is Cc1ccc(F)cc1NC(C)c1ccccc1. The Morgan fingerprint density at radius 2 is 1.76 bits per heavy atom. The van der Waals surface area contributed by atoms with Gasteiger partial charge < -0.3 is 5.32 Å². The Bertz CT molecular complexity index is 494. The Morgan fingerprint density at radius 3 is 2.47 bits per heavy atom. The molecule has 1 nitrogen and oxygen atoms in total. The van der Waals surface area contributed by atoms with Crippen molar-refractivity contribution in [1.82, 2.24) is 0 Å². The van der Waals surface area contributed by atoms with Gasteiger partial charge in [-0.2, -0.15) is 0 Å². The van der Waals surface area contributed by atoms with E-state index in [0.29, 0.717) is 0 Å². The van der Waals surface area contributed by atoms with Crippen molar-refractivity contribution in [3.05, 3.63) is 65.5 Å². The predicted molar refractivity (Wildman–Crippen MR) is 69.6 cm³/mol. The van der Waals surface area contributed by atoms with Crippen molar-refractivity contribution < 1.29 is 4.39 Å². The van der Waals surface area contributed by atoms with E-state index in [1.54, 1.807) is 6.07 Å². The van der Waals surface area contributed by atoms with Crippen LogP contribution in [0.2, 0.25) is 0 Å². The number of aryl methyl sites for hydroxylation is 1. The van der Waals surface area contributed by atoms with E-state index in [1.165, 1.54) is 17.7 Å². The summed E-state index contributed by atoms with van der Waals surface area (Å²) in [5.41, 5.74) is 3.09. The molecule has 0 bridgehead atoms. The van der Waals surface area contributed by atoms with Gasteiger partial charge in [0, 0.05) is 11.7 Å². The molecule has 0 saturated heterocycles. The molecule has 2 rings (SSSR count). The summed E-state index contributed by atoms with van der Waals surface area (Å²) >= 11 is 0. The van der Waals surface area contributed by atoms with Crippen LogP contribution in [0.4, 0.5) is 10.1 Å². The van der Waals surface area contributed by atoms with E-state index in [4.69, 9.17) is 0 Å². The zero-order valence-corrected chi connectivity index (χ0v) is 10.1. The second kappa shape index (κ2) is 5.00. The van der Waals surface area contributed by atoms with E-state index < -0.39 is 0 Å². The second-order valence-electron chi connectivity index (χ2n) is 4.24. The number of hydrogen-bond acceptors (Lipinski definition) is 1. The van der Waals surface area contributed by atoms with Crippen LogP contribution in [-0.4, -0.2) is 0 Å². The topological polar surface area (TPSA) is 12.0 Å². The number of rotatable bonds is 3. The summed E-state index contributed by atoms with van der Waals surface area (Å²) in [5, 5.41) is 3.33. The Balaban J connectivity index is 2.18. The molecule has 17 heavy (non-hydrogen) atoms.